The van der Waals surface area contributed by atoms with Crippen molar-refractivity contribution in [2.45, 2.75) is 20.5 Å². The lowest BCUT2D eigenvalue weighted by atomic mass is 10.1. The number of fused-ring (bicyclic) bond motifs is 3. The molecule has 2 aliphatic heterocycles. The molecule has 2 aliphatic rings. The van der Waals surface area contributed by atoms with Crippen LogP contribution in [0.3, 0.4) is 0 Å². The lowest BCUT2D eigenvalue weighted by molar-refractivity contribution is 0.0953. The van der Waals surface area contributed by atoms with Crippen LogP contribution in [0, 0.1) is 13.8 Å². The predicted octanol–water partition coefficient (Wildman–Crippen LogP) is 2.49. The molecule has 0 unspecified atom stereocenters. The van der Waals surface area contributed by atoms with Crippen molar-refractivity contribution in [1.82, 2.24) is 5.43 Å². The van der Waals surface area contributed by atoms with Crippen molar-refractivity contribution in [2.24, 2.45) is 5.84 Å². The number of nitrogen functional groups attached to an aromatic ring is 1. The maximum Gasteiger partial charge on any atom is 0.265 e. The number of hydrogen-bond acceptors (Lipinski definition) is 3. The molecule has 0 fully saturated rings. The highest BCUT2D eigenvalue weighted by molar-refractivity contribution is 5.93. The average Bonchev–Trinajstić information content (AvgIpc) is 2.48. The normalized spacial score (nSPS) is 11.2. The van der Waals surface area contributed by atoms with Gasteiger partial charge in [-0.1, -0.05) is 23.8 Å². The van der Waals surface area contributed by atoms with Gasteiger partial charge in [-0.3, -0.25) is 10.2 Å². The smallest absolute Gasteiger partial charge is 0.265 e. The number of aryl methyl sites for hydroxylation is 2. The summed E-state index contributed by atoms with van der Waals surface area (Å²) in [7, 11) is 0. The van der Waals surface area contributed by atoms with Crippen LogP contribution in [-0.4, -0.2) is 5.91 Å². The number of nitrogens with one attached hydrogen (secondary N) is 1. The van der Waals surface area contributed by atoms with Gasteiger partial charge >= 0.3 is 0 Å². The molecule has 4 heteroatoms. The van der Waals surface area contributed by atoms with Gasteiger partial charge in [-0.25, -0.2) is 5.84 Å². The number of benzene rings is 2. The first-order chi connectivity index (χ1) is 9.60. The topological polar surface area (TPSA) is 64.3 Å². The molecule has 4 nitrogen and oxygen atoms in total. The third kappa shape index (κ3) is 3.36. The molecule has 0 saturated heterocycles. The van der Waals surface area contributed by atoms with Crippen molar-refractivity contribution >= 4 is 5.91 Å². The largest absolute Gasteiger partial charge is 0.489 e. The van der Waals surface area contributed by atoms with E-state index in [0.29, 0.717) is 5.56 Å². The fourth-order valence-corrected chi connectivity index (χ4v) is 1.99. The molecule has 0 aliphatic carbocycles. The molecule has 104 valence electrons. The van der Waals surface area contributed by atoms with E-state index in [9.17, 15) is 4.79 Å². The molecule has 2 aromatic carbocycles. The van der Waals surface area contributed by atoms with Crippen LogP contribution in [0.25, 0.3) is 0 Å². The predicted molar refractivity (Wildman–Crippen MR) is 78.3 cm³/mol. The van der Waals surface area contributed by atoms with Gasteiger partial charge in [0.1, 0.15) is 12.4 Å². The summed E-state index contributed by atoms with van der Waals surface area (Å²) in [5, 5.41) is 0. The van der Waals surface area contributed by atoms with E-state index in [1.807, 2.05) is 25.1 Å². The highest BCUT2D eigenvalue weighted by Crippen LogP contribution is 2.25. The van der Waals surface area contributed by atoms with Crippen molar-refractivity contribution in [3.05, 3.63) is 64.7 Å². The first kappa shape index (κ1) is 14.1. The molecule has 3 N–H and O–H groups in total. The Hall–Kier alpha value is -2.33. The van der Waals surface area contributed by atoms with Gasteiger partial charge in [-0.15, -0.1) is 0 Å². The number of carbonyl (C=O) groups excluding carboxylic acids is 1. The minimum atomic E-state index is -0.256. The second kappa shape index (κ2) is 6.21. The van der Waals surface area contributed by atoms with Crippen molar-refractivity contribution in [2.75, 3.05) is 0 Å². The Morgan fingerprint density at radius 3 is 2.40 bits per heavy atom. The summed E-state index contributed by atoms with van der Waals surface area (Å²) >= 11 is 0. The van der Waals surface area contributed by atoms with Gasteiger partial charge in [-0.2, -0.15) is 0 Å². The SMILES string of the molecule is Cc1cc2ccc1OC2.Cc1cccc(C(=O)NN)c1. The quantitative estimate of drug-likeness (QED) is 0.475. The molecule has 0 radical (unpaired) electrons. The van der Waals surface area contributed by atoms with Crippen LogP contribution in [0.15, 0.2) is 42.5 Å². The van der Waals surface area contributed by atoms with E-state index in [-0.39, 0.29) is 5.91 Å². The number of hydrogen-bond donors (Lipinski definition) is 2. The summed E-state index contributed by atoms with van der Waals surface area (Å²) < 4.78 is 5.31. The molecule has 4 rings (SSSR count). The molecular formula is C16H18N2O2. The lowest BCUT2D eigenvalue weighted by Gasteiger charge is -2.16. The molecular weight excluding hydrogens is 252 g/mol. The van der Waals surface area contributed by atoms with Crippen molar-refractivity contribution in [3.63, 3.8) is 0 Å². The molecule has 20 heavy (non-hydrogen) atoms. The molecule has 1 amide bonds. The van der Waals surface area contributed by atoms with E-state index in [2.05, 4.69) is 24.5 Å². The van der Waals surface area contributed by atoms with Gasteiger partial charge in [0.2, 0.25) is 0 Å². The van der Waals surface area contributed by atoms with Gasteiger partial charge in [0, 0.05) is 5.56 Å². The van der Waals surface area contributed by atoms with Crippen LogP contribution in [0.1, 0.15) is 27.0 Å². The number of nitrogens with two attached hydrogens (primary N) is 1. The Labute approximate surface area is 118 Å². The standard InChI is InChI=1S/C8H10N2O.C8H8O/c1-6-3-2-4-7(5-6)8(11)10-9;1-6-4-7-2-3-8(6)9-5-7/h2-5H,9H2,1H3,(H,10,11);2-4H,5H2,1H3. The molecule has 0 atom stereocenters. The van der Waals surface area contributed by atoms with E-state index in [4.69, 9.17) is 10.6 Å². The number of ether oxygens (including phenoxy) is 1. The number of rotatable bonds is 1. The van der Waals surface area contributed by atoms with E-state index >= 15 is 0 Å². The highest BCUT2D eigenvalue weighted by atomic mass is 16.5. The average molecular weight is 270 g/mol. The molecule has 0 saturated carbocycles. The number of carbonyl (C=O) groups is 1. The summed E-state index contributed by atoms with van der Waals surface area (Å²) in [6.45, 7) is 4.76. The lowest BCUT2D eigenvalue weighted by Crippen LogP contribution is -2.29. The maximum absolute atomic E-state index is 10.9. The molecule has 2 aromatic rings. The third-order valence-corrected chi connectivity index (χ3v) is 3.05. The summed E-state index contributed by atoms with van der Waals surface area (Å²) in [5.74, 6) is 5.73. The third-order valence-electron chi connectivity index (χ3n) is 3.05. The van der Waals surface area contributed by atoms with Crippen LogP contribution in [0.4, 0.5) is 0 Å². The van der Waals surface area contributed by atoms with E-state index in [1.165, 1.54) is 11.1 Å². The Balaban J connectivity index is 0.000000149. The molecule has 2 bridgehead atoms. The van der Waals surface area contributed by atoms with Crippen molar-refractivity contribution in [1.29, 1.82) is 0 Å². The van der Waals surface area contributed by atoms with Crippen LogP contribution >= 0.6 is 0 Å². The number of amides is 1. The zero-order chi connectivity index (χ0) is 14.5. The monoisotopic (exact) mass is 270 g/mol. The number of hydrazine groups is 1. The zero-order valence-corrected chi connectivity index (χ0v) is 11.6. The first-order valence-electron chi connectivity index (χ1n) is 6.40. The molecule has 2 heterocycles. The van der Waals surface area contributed by atoms with E-state index in [0.717, 1.165) is 17.9 Å². The first-order valence-corrected chi connectivity index (χ1v) is 6.40. The van der Waals surface area contributed by atoms with Crippen LogP contribution < -0.4 is 16.0 Å². The fraction of sp³-hybridized carbons (Fsp3) is 0.188. The summed E-state index contributed by atoms with van der Waals surface area (Å²) in [4.78, 5) is 10.9. The highest BCUT2D eigenvalue weighted by Gasteiger charge is 2.07. The van der Waals surface area contributed by atoms with E-state index < -0.39 is 0 Å². The van der Waals surface area contributed by atoms with Crippen molar-refractivity contribution < 1.29 is 9.53 Å². The summed E-state index contributed by atoms with van der Waals surface area (Å²) in [6.07, 6.45) is 0. The van der Waals surface area contributed by atoms with Crippen LogP contribution in [0.2, 0.25) is 0 Å². The van der Waals surface area contributed by atoms with Crippen molar-refractivity contribution in [3.8, 4) is 5.75 Å². The summed E-state index contributed by atoms with van der Waals surface area (Å²) in [5.41, 5.74) is 6.24. The Bertz CT molecular complexity index is 624. The molecule has 0 aromatic heterocycles. The Morgan fingerprint density at radius 1 is 1.20 bits per heavy atom. The van der Waals surface area contributed by atoms with Gasteiger partial charge < -0.3 is 4.74 Å². The minimum absolute atomic E-state index is 0.256. The fourth-order valence-electron chi connectivity index (χ4n) is 1.99. The van der Waals surface area contributed by atoms with E-state index in [1.54, 1.807) is 12.1 Å². The van der Waals surface area contributed by atoms with Gasteiger partial charge in [0.05, 0.1) is 0 Å². The molecule has 0 spiro atoms. The summed E-state index contributed by atoms with van der Waals surface area (Å²) in [6, 6.07) is 13.5. The van der Waals surface area contributed by atoms with Gasteiger partial charge in [0.25, 0.3) is 5.91 Å². The second-order valence-corrected chi connectivity index (χ2v) is 4.73. The zero-order valence-electron chi connectivity index (χ0n) is 11.6. The minimum Gasteiger partial charge on any atom is -0.489 e. The van der Waals surface area contributed by atoms with Gasteiger partial charge in [0.15, 0.2) is 0 Å². The second-order valence-electron chi connectivity index (χ2n) is 4.73. The Morgan fingerprint density at radius 2 is 2.00 bits per heavy atom. The van der Waals surface area contributed by atoms with Crippen LogP contribution in [-0.2, 0) is 6.61 Å². The van der Waals surface area contributed by atoms with Crippen LogP contribution in [0.5, 0.6) is 5.75 Å². The maximum atomic E-state index is 10.9. The van der Waals surface area contributed by atoms with Gasteiger partial charge in [-0.05, 0) is 49.2 Å². The Kier molecular flexibility index (Phi) is 4.38.